The van der Waals surface area contributed by atoms with E-state index in [2.05, 4.69) is 15.2 Å². The highest BCUT2D eigenvalue weighted by Crippen LogP contribution is 2.43. The summed E-state index contributed by atoms with van der Waals surface area (Å²) in [6.07, 6.45) is 0. The first-order valence-electron chi connectivity index (χ1n) is 5.67. The minimum Gasteiger partial charge on any atom is -0.493 e. The Morgan fingerprint density at radius 2 is 1.76 bits per heavy atom. The Bertz CT molecular complexity index is 756. The molecule has 0 atom stereocenters. The van der Waals surface area contributed by atoms with Crippen molar-refractivity contribution < 1.29 is 22.6 Å². The zero-order valence-corrected chi connectivity index (χ0v) is 12.4. The first kappa shape index (κ1) is 15.1. The molecular formula is C11H14N4O5S. The van der Waals surface area contributed by atoms with E-state index in [4.69, 9.17) is 19.3 Å². The lowest BCUT2D eigenvalue weighted by Gasteiger charge is -2.14. The van der Waals surface area contributed by atoms with Gasteiger partial charge in [-0.2, -0.15) is 10.1 Å². The summed E-state index contributed by atoms with van der Waals surface area (Å²) in [7, 11) is 0.420. The fraction of sp³-hybridized carbons (Fsp3) is 0.273. The Labute approximate surface area is 121 Å². The molecule has 0 unspecified atom stereocenters. The molecule has 0 saturated heterocycles. The summed E-state index contributed by atoms with van der Waals surface area (Å²) in [4.78, 5) is 3.84. The van der Waals surface area contributed by atoms with E-state index in [0.29, 0.717) is 22.8 Å². The number of benzene rings is 1. The van der Waals surface area contributed by atoms with Crippen molar-refractivity contribution in [3.05, 3.63) is 12.1 Å². The number of nitrogens with two attached hydrogens (primary N) is 1. The van der Waals surface area contributed by atoms with Crippen LogP contribution < -0.4 is 19.3 Å². The molecule has 9 nitrogen and oxygen atoms in total. The molecule has 0 aliphatic heterocycles. The van der Waals surface area contributed by atoms with Crippen LogP contribution in [-0.2, 0) is 10.0 Å². The lowest BCUT2D eigenvalue weighted by Crippen LogP contribution is -2.13. The van der Waals surface area contributed by atoms with Crippen LogP contribution >= 0.6 is 0 Å². The summed E-state index contributed by atoms with van der Waals surface area (Å²) >= 11 is 0. The first-order chi connectivity index (χ1) is 9.92. The number of primary sulfonamides is 1. The molecule has 3 N–H and O–H groups in total. The van der Waals surface area contributed by atoms with E-state index in [1.54, 1.807) is 12.1 Å². The number of nitrogens with one attached hydrogen (secondary N) is 1. The van der Waals surface area contributed by atoms with Gasteiger partial charge in [0.25, 0.3) is 15.2 Å². The molecule has 0 spiro atoms. The van der Waals surface area contributed by atoms with E-state index in [0.717, 1.165) is 0 Å². The molecule has 1 aromatic heterocycles. The lowest BCUT2D eigenvalue weighted by atomic mass is 10.1. The number of H-pyrrole nitrogens is 1. The second-order valence-corrected chi connectivity index (χ2v) is 5.37. The molecule has 1 aromatic carbocycles. The first-order valence-corrected chi connectivity index (χ1v) is 7.21. The summed E-state index contributed by atoms with van der Waals surface area (Å²) in [5, 5.41) is 10.6. The smallest absolute Gasteiger partial charge is 0.273 e. The fourth-order valence-corrected chi connectivity index (χ4v) is 2.16. The van der Waals surface area contributed by atoms with Crippen LogP contribution in [0.4, 0.5) is 0 Å². The maximum absolute atomic E-state index is 11.2. The van der Waals surface area contributed by atoms with Gasteiger partial charge < -0.3 is 14.2 Å². The molecule has 114 valence electrons. The van der Waals surface area contributed by atoms with Crippen LogP contribution in [0.25, 0.3) is 11.4 Å². The summed E-state index contributed by atoms with van der Waals surface area (Å²) in [5.41, 5.74) is 0.432. The largest absolute Gasteiger partial charge is 0.493 e. The maximum atomic E-state index is 11.2. The van der Waals surface area contributed by atoms with Gasteiger partial charge in [0.05, 0.1) is 26.9 Å². The third-order valence-corrected chi connectivity index (χ3v) is 3.40. The van der Waals surface area contributed by atoms with E-state index in [1.165, 1.54) is 21.3 Å². The van der Waals surface area contributed by atoms with Crippen LogP contribution in [0.3, 0.4) is 0 Å². The van der Waals surface area contributed by atoms with Crippen LogP contribution in [0.2, 0.25) is 0 Å². The Hall–Kier alpha value is -2.33. The Morgan fingerprint density at radius 3 is 2.24 bits per heavy atom. The van der Waals surface area contributed by atoms with E-state index in [1.807, 2.05) is 0 Å². The highest BCUT2D eigenvalue weighted by molar-refractivity contribution is 7.89. The Morgan fingerprint density at radius 1 is 1.10 bits per heavy atom. The van der Waals surface area contributed by atoms with Crippen LogP contribution in [-0.4, -0.2) is 44.9 Å². The average molecular weight is 314 g/mol. The molecule has 0 fully saturated rings. The van der Waals surface area contributed by atoms with Crippen molar-refractivity contribution in [1.29, 1.82) is 0 Å². The maximum Gasteiger partial charge on any atom is 0.273 e. The number of ether oxygens (including phenoxy) is 3. The van der Waals surface area contributed by atoms with Crippen LogP contribution in [0, 0.1) is 0 Å². The number of hydrogen-bond donors (Lipinski definition) is 2. The molecule has 2 rings (SSSR count). The van der Waals surface area contributed by atoms with Gasteiger partial charge in [0, 0.05) is 0 Å². The standard InChI is InChI=1S/C11H14N4O5S/c1-18-7-5-4-6(8(19-2)9(7)20-3)10-13-11(15-14-10)21(12,16)17/h4-5H,1-3H3,(H2,12,16,17)(H,13,14,15). The molecule has 0 aliphatic carbocycles. The number of nitrogens with zero attached hydrogens (tertiary/aromatic N) is 2. The van der Waals surface area contributed by atoms with Crippen molar-refractivity contribution in [2.75, 3.05) is 21.3 Å². The van der Waals surface area contributed by atoms with Gasteiger partial charge >= 0.3 is 0 Å². The Balaban J connectivity index is 2.61. The zero-order chi connectivity index (χ0) is 15.6. The molecule has 1 heterocycles. The van der Waals surface area contributed by atoms with Crippen molar-refractivity contribution in [3.63, 3.8) is 0 Å². The minimum atomic E-state index is -3.96. The monoisotopic (exact) mass is 314 g/mol. The van der Waals surface area contributed by atoms with Crippen molar-refractivity contribution >= 4 is 10.0 Å². The summed E-state index contributed by atoms with van der Waals surface area (Å²) in [6, 6.07) is 3.25. The normalized spacial score (nSPS) is 11.2. The predicted octanol–water partition coefficient (Wildman–Crippen LogP) is 0.145. The van der Waals surface area contributed by atoms with Gasteiger partial charge in [0.15, 0.2) is 17.3 Å². The van der Waals surface area contributed by atoms with E-state index >= 15 is 0 Å². The second-order valence-electron chi connectivity index (χ2n) is 3.89. The second kappa shape index (κ2) is 5.58. The highest BCUT2D eigenvalue weighted by atomic mass is 32.2. The van der Waals surface area contributed by atoms with Crippen LogP contribution in [0.5, 0.6) is 17.2 Å². The molecule has 0 aliphatic rings. The number of methoxy groups -OCH3 is 3. The third-order valence-electron chi connectivity index (χ3n) is 2.68. The molecular weight excluding hydrogens is 300 g/mol. The topological polar surface area (TPSA) is 129 Å². The third kappa shape index (κ3) is 2.76. The van der Waals surface area contributed by atoms with E-state index in [9.17, 15) is 8.42 Å². The van der Waals surface area contributed by atoms with Gasteiger partial charge in [-0.05, 0) is 12.1 Å². The van der Waals surface area contributed by atoms with Crippen molar-refractivity contribution in [2.24, 2.45) is 5.14 Å². The van der Waals surface area contributed by atoms with Crippen molar-refractivity contribution in [3.8, 4) is 28.6 Å². The molecule has 0 saturated carbocycles. The number of sulfonamides is 1. The average Bonchev–Trinajstić information content (AvgIpc) is 2.95. The van der Waals surface area contributed by atoms with Gasteiger partial charge in [0.2, 0.25) is 5.75 Å². The Kier molecular flexibility index (Phi) is 4.00. The molecule has 2 aromatic rings. The number of aromatic nitrogens is 3. The number of hydrogen-bond acceptors (Lipinski definition) is 7. The van der Waals surface area contributed by atoms with Crippen LogP contribution in [0.15, 0.2) is 17.3 Å². The van der Waals surface area contributed by atoms with Gasteiger partial charge in [-0.25, -0.2) is 18.7 Å². The minimum absolute atomic E-state index is 0.108. The van der Waals surface area contributed by atoms with E-state index in [-0.39, 0.29) is 5.82 Å². The number of aromatic amines is 1. The highest BCUT2D eigenvalue weighted by Gasteiger charge is 2.21. The van der Waals surface area contributed by atoms with Gasteiger partial charge in [0.1, 0.15) is 0 Å². The summed E-state index contributed by atoms with van der Waals surface area (Å²) in [5.74, 6) is 1.23. The molecule has 0 radical (unpaired) electrons. The van der Waals surface area contributed by atoms with E-state index < -0.39 is 15.2 Å². The van der Waals surface area contributed by atoms with Gasteiger partial charge in [-0.3, -0.25) is 0 Å². The van der Waals surface area contributed by atoms with Crippen molar-refractivity contribution in [2.45, 2.75) is 5.16 Å². The molecule has 0 amide bonds. The lowest BCUT2D eigenvalue weighted by molar-refractivity contribution is 0.325. The summed E-state index contributed by atoms with van der Waals surface area (Å²) < 4.78 is 38.1. The zero-order valence-electron chi connectivity index (χ0n) is 11.6. The predicted molar refractivity (Wildman–Crippen MR) is 72.8 cm³/mol. The summed E-state index contributed by atoms with van der Waals surface area (Å²) in [6.45, 7) is 0. The van der Waals surface area contributed by atoms with Gasteiger partial charge in [-0.1, -0.05) is 0 Å². The van der Waals surface area contributed by atoms with Gasteiger partial charge in [-0.15, -0.1) is 0 Å². The molecule has 10 heteroatoms. The molecule has 0 bridgehead atoms. The molecule has 21 heavy (non-hydrogen) atoms. The SMILES string of the molecule is COc1ccc(-c2n[nH]c(S(N)(=O)=O)n2)c(OC)c1OC. The van der Waals surface area contributed by atoms with Crippen molar-refractivity contribution in [1.82, 2.24) is 15.2 Å². The fourth-order valence-electron chi connectivity index (χ4n) is 1.77. The van der Waals surface area contributed by atoms with Crippen LogP contribution in [0.1, 0.15) is 0 Å². The number of rotatable bonds is 5. The quantitative estimate of drug-likeness (QED) is 0.803.